The van der Waals surface area contributed by atoms with Gasteiger partial charge in [-0.3, -0.25) is 23.3 Å². The summed E-state index contributed by atoms with van der Waals surface area (Å²) in [6.07, 6.45) is 0. The number of halogens is 2. The minimum Gasteiger partial charge on any atom is -0.298 e. The third-order valence-corrected chi connectivity index (χ3v) is 6.88. The highest BCUT2D eigenvalue weighted by Gasteiger charge is 2.24. The van der Waals surface area contributed by atoms with Gasteiger partial charge in [-0.15, -0.1) is 10.2 Å². The van der Waals surface area contributed by atoms with Crippen LogP contribution in [0.4, 0.5) is 4.39 Å². The standard InChI is InChI=1S/C23H18ClFN6O3S/c1-28-19-18(20(33)29(2)23(28)34)30(11-13-3-9-16(25)10-4-13)21-26-27-22(31(19)21)35-12-17(32)14-5-7-15(24)8-6-14/h3-10H,11-12H2,1-2H3. The highest BCUT2D eigenvalue weighted by atomic mass is 35.5. The zero-order valence-electron chi connectivity index (χ0n) is 18.6. The molecule has 178 valence electrons. The molecular weight excluding hydrogens is 495 g/mol. The summed E-state index contributed by atoms with van der Waals surface area (Å²) in [6, 6.07) is 12.5. The number of carbonyl (C=O) groups is 1. The number of hydrogen-bond donors (Lipinski definition) is 0. The van der Waals surface area contributed by atoms with Crippen molar-refractivity contribution in [2.24, 2.45) is 14.1 Å². The zero-order valence-corrected chi connectivity index (χ0v) is 20.2. The molecule has 0 aliphatic heterocycles. The molecule has 5 aromatic rings. The molecule has 0 radical (unpaired) electrons. The maximum absolute atomic E-state index is 13.4. The van der Waals surface area contributed by atoms with Crippen molar-refractivity contribution >= 4 is 46.1 Å². The second-order valence-corrected chi connectivity index (χ2v) is 9.31. The molecule has 2 aromatic carbocycles. The molecule has 0 N–H and O–H groups in total. The van der Waals surface area contributed by atoms with Gasteiger partial charge in [0.15, 0.2) is 22.1 Å². The molecule has 0 aliphatic carbocycles. The van der Waals surface area contributed by atoms with Crippen molar-refractivity contribution in [1.29, 1.82) is 0 Å². The molecule has 0 aliphatic rings. The lowest BCUT2D eigenvalue weighted by molar-refractivity contribution is 0.102. The van der Waals surface area contributed by atoms with Crippen LogP contribution < -0.4 is 11.2 Å². The summed E-state index contributed by atoms with van der Waals surface area (Å²) < 4.78 is 19.0. The maximum atomic E-state index is 13.4. The van der Waals surface area contributed by atoms with E-state index in [1.807, 2.05) is 0 Å². The minimum absolute atomic E-state index is 0.0614. The number of thioether (sulfide) groups is 1. The summed E-state index contributed by atoms with van der Waals surface area (Å²) >= 11 is 7.05. The van der Waals surface area contributed by atoms with Crippen molar-refractivity contribution in [3.8, 4) is 0 Å². The molecule has 0 bridgehead atoms. The first-order chi connectivity index (χ1) is 16.8. The average molecular weight is 513 g/mol. The molecule has 12 heteroatoms. The van der Waals surface area contributed by atoms with Crippen LogP contribution in [0, 0.1) is 5.82 Å². The Kier molecular flexibility index (Phi) is 5.81. The minimum atomic E-state index is -0.509. The van der Waals surface area contributed by atoms with Gasteiger partial charge in [0.2, 0.25) is 5.78 Å². The van der Waals surface area contributed by atoms with Gasteiger partial charge in [-0.05, 0) is 42.0 Å². The van der Waals surface area contributed by atoms with Gasteiger partial charge in [-0.2, -0.15) is 0 Å². The number of aryl methyl sites for hydroxylation is 1. The average Bonchev–Trinajstić information content (AvgIpc) is 3.40. The van der Waals surface area contributed by atoms with E-state index >= 15 is 0 Å². The number of fused-ring (bicyclic) bond motifs is 3. The lowest BCUT2D eigenvalue weighted by atomic mass is 10.1. The van der Waals surface area contributed by atoms with Crippen LogP contribution in [0.2, 0.25) is 5.02 Å². The molecule has 0 spiro atoms. The van der Waals surface area contributed by atoms with Crippen LogP contribution in [0.5, 0.6) is 0 Å². The summed E-state index contributed by atoms with van der Waals surface area (Å²) in [5, 5.41) is 9.37. The van der Waals surface area contributed by atoms with E-state index in [2.05, 4.69) is 10.2 Å². The Balaban J connectivity index is 1.64. The Morgan fingerprint density at radius 2 is 1.69 bits per heavy atom. The Morgan fingerprint density at radius 3 is 2.37 bits per heavy atom. The van der Waals surface area contributed by atoms with Crippen LogP contribution in [0.15, 0.2) is 63.3 Å². The van der Waals surface area contributed by atoms with E-state index in [-0.39, 0.29) is 29.4 Å². The van der Waals surface area contributed by atoms with Crippen molar-refractivity contribution in [1.82, 2.24) is 28.3 Å². The van der Waals surface area contributed by atoms with Crippen LogP contribution in [-0.4, -0.2) is 39.8 Å². The predicted octanol–water partition coefficient (Wildman–Crippen LogP) is 2.90. The van der Waals surface area contributed by atoms with Gasteiger partial charge in [-0.1, -0.05) is 35.5 Å². The van der Waals surface area contributed by atoms with E-state index in [1.54, 1.807) is 52.4 Å². The summed E-state index contributed by atoms with van der Waals surface area (Å²) in [4.78, 5) is 38.6. The Bertz CT molecular complexity index is 1720. The summed E-state index contributed by atoms with van der Waals surface area (Å²) in [5.41, 5.74) is 0.782. The second kappa shape index (κ2) is 8.82. The number of rotatable bonds is 6. The van der Waals surface area contributed by atoms with Gasteiger partial charge in [0, 0.05) is 24.7 Å². The van der Waals surface area contributed by atoms with E-state index in [1.165, 1.54) is 23.7 Å². The van der Waals surface area contributed by atoms with E-state index in [4.69, 9.17) is 11.6 Å². The number of aromatic nitrogens is 6. The van der Waals surface area contributed by atoms with E-state index in [9.17, 15) is 18.8 Å². The third kappa shape index (κ3) is 3.96. The molecule has 3 aromatic heterocycles. The predicted molar refractivity (Wildman–Crippen MR) is 131 cm³/mol. The van der Waals surface area contributed by atoms with Gasteiger partial charge in [-0.25, -0.2) is 13.6 Å². The third-order valence-electron chi connectivity index (χ3n) is 5.70. The first-order valence-corrected chi connectivity index (χ1v) is 11.8. The van der Waals surface area contributed by atoms with Crippen molar-refractivity contribution < 1.29 is 9.18 Å². The molecule has 9 nitrogen and oxygen atoms in total. The van der Waals surface area contributed by atoms with Crippen molar-refractivity contribution in [3.63, 3.8) is 0 Å². The Morgan fingerprint density at radius 1 is 1.00 bits per heavy atom. The largest absolute Gasteiger partial charge is 0.332 e. The number of Topliss-reactive ketones (excluding diaryl/α,β-unsaturated/α-hetero) is 1. The first kappa shape index (κ1) is 23.1. The zero-order chi connectivity index (χ0) is 24.9. The van der Waals surface area contributed by atoms with Gasteiger partial charge < -0.3 is 0 Å². The summed E-state index contributed by atoms with van der Waals surface area (Å²) in [5.74, 6) is -0.125. The Labute approximate surface area is 206 Å². The molecule has 5 rings (SSSR count). The monoisotopic (exact) mass is 512 g/mol. The van der Waals surface area contributed by atoms with Crippen molar-refractivity contribution in [2.45, 2.75) is 11.7 Å². The quantitative estimate of drug-likeness (QED) is 0.256. The molecule has 0 saturated heterocycles. The number of imidazole rings is 1. The fraction of sp³-hybridized carbons (Fsp3) is 0.174. The normalized spacial score (nSPS) is 11.5. The van der Waals surface area contributed by atoms with Gasteiger partial charge in [0.1, 0.15) is 5.82 Å². The molecule has 3 heterocycles. The van der Waals surface area contributed by atoms with Crippen molar-refractivity contribution in [3.05, 3.63) is 91.3 Å². The topological polar surface area (TPSA) is 96.2 Å². The molecule has 0 fully saturated rings. The highest BCUT2D eigenvalue weighted by Crippen LogP contribution is 2.25. The molecule has 0 unspecified atom stereocenters. The van der Waals surface area contributed by atoms with Gasteiger partial charge in [0.25, 0.3) is 5.56 Å². The van der Waals surface area contributed by atoms with Gasteiger partial charge >= 0.3 is 5.69 Å². The lowest BCUT2D eigenvalue weighted by Crippen LogP contribution is -2.37. The summed E-state index contributed by atoms with van der Waals surface area (Å²) in [6.45, 7) is 0.202. The molecular formula is C23H18ClFN6O3S. The van der Waals surface area contributed by atoms with E-state index < -0.39 is 11.2 Å². The fourth-order valence-corrected chi connectivity index (χ4v) is 4.84. The van der Waals surface area contributed by atoms with Gasteiger partial charge in [0.05, 0.1) is 12.3 Å². The number of hydrogen-bond acceptors (Lipinski definition) is 6. The number of benzene rings is 2. The van der Waals surface area contributed by atoms with Crippen LogP contribution in [0.3, 0.4) is 0 Å². The first-order valence-electron chi connectivity index (χ1n) is 10.5. The Hall–Kier alpha value is -3.70. The SMILES string of the molecule is Cn1c(=O)c2c(n(C)c1=O)n1c(SCC(=O)c3ccc(Cl)cc3)nnc1n2Cc1ccc(F)cc1. The van der Waals surface area contributed by atoms with Crippen LogP contribution in [-0.2, 0) is 20.6 Å². The maximum Gasteiger partial charge on any atom is 0.332 e. The second-order valence-electron chi connectivity index (χ2n) is 7.93. The number of carbonyl (C=O) groups excluding carboxylic acids is 1. The van der Waals surface area contributed by atoms with E-state index in [0.29, 0.717) is 27.2 Å². The van der Waals surface area contributed by atoms with E-state index in [0.717, 1.165) is 21.9 Å². The number of ketones is 1. The molecule has 0 saturated carbocycles. The van der Waals surface area contributed by atoms with Crippen LogP contribution in [0.25, 0.3) is 16.9 Å². The smallest absolute Gasteiger partial charge is 0.298 e. The van der Waals surface area contributed by atoms with Crippen molar-refractivity contribution in [2.75, 3.05) is 5.75 Å². The molecule has 0 amide bonds. The highest BCUT2D eigenvalue weighted by molar-refractivity contribution is 7.99. The van der Waals surface area contributed by atoms with Crippen LogP contribution >= 0.6 is 23.4 Å². The lowest BCUT2D eigenvalue weighted by Gasteiger charge is -2.07. The fourth-order valence-electron chi connectivity index (χ4n) is 3.90. The molecule has 0 atom stereocenters. The number of nitrogens with zero attached hydrogens (tertiary/aromatic N) is 6. The van der Waals surface area contributed by atoms with Crippen LogP contribution in [0.1, 0.15) is 15.9 Å². The molecule has 35 heavy (non-hydrogen) atoms. The summed E-state index contributed by atoms with van der Waals surface area (Å²) in [7, 11) is 2.96.